The molecule has 0 aromatic heterocycles. The predicted molar refractivity (Wildman–Crippen MR) is 177 cm³/mol. The van der Waals surface area contributed by atoms with Gasteiger partial charge in [0.05, 0.1) is 16.1 Å². The van der Waals surface area contributed by atoms with E-state index in [1.54, 1.807) is 6.07 Å². The summed E-state index contributed by atoms with van der Waals surface area (Å²) in [4.78, 5) is 13.0. The fourth-order valence-electron chi connectivity index (χ4n) is 6.18. The number of hydrogen-bond donors (Lipinski definition) is 2. The van der Waals surface area contributed by atoms with E-state index in [2.05, 4.69) is 19.9 Å². The molecule has 0 unspecified atom stereocenters. The molecule has 0 atom stereocenters. The van der Waals surface area contributed by atoms with E-state index in [0.29, 0.717) is 25.1 Å². The van der Waals surface area contributed by atoms with Crippen LogP contribution in [0.5, 0.6) is 0 Å². The number of rotatable bonds is 13. The number of benzene rings is 2. The first-order chi connectivity index (χ1) is 21.4. The van der Waals surface area contributed by atoms with Gasteiger partial charge in [-0.1, -0.05) is 62.4 Å². The molecule has 2 aliphatic heterocycles. The van der Waals surface area contributed by atoms with Crippen LogP contribution in [0, 0.1) is 0 Å². The quantitative estimate of drug-likeness (QED) is 0.136. The summed E-state index contributed by atoms with van der Waals surface area (Å²) in [5, 5.41) is 11.2. The van der Waals surface area contributed by atoms with Crippen LogP contribution in [0.25, 0.3) is 0 Å². The standard InChI is InChI=1S/C34H40N2O8S2/c1-33(2)26-14-10-11-15-28(26)36(22-20-32(37)38)30(33)16-8-6-5-7-9-17-31-34(3,4)27-24-25(46(42,43)44)18-19-29(27)35(31)21-12-13-23-45(39,40)41/h5-11,14-19,24H,12-13,20-23H2,1-4H3,(H2-,37,38,39,40,41,42,43,44). The molecule has 10 nitrogen and oxygen atoms in total. The second-order valence-electron chi connectivity index (χ2n) is 12.4. The van der Waals surface area contributed by atoms with Gasteiger partial charge in [-0.2, -0.15) is 21.4 Å². The van der Waals surface area contributed by atoms with Crippen LogP contribution in [0.3, 0.4) is 0 Å². The zero-order chi connectivity index (χ0) is 33.9. The Balaban J connectivity index is 1.57. The van der Waals surface area contributed by atoms with Crippen molar-refractivity contribution in [3.63, 3.8) is 0 Å². The van der Waals surface area contributed by atoms with Gasteiger partial charge in [-0.15, -0.1) is 0 Å². The molecular weight excluding hydrogens is 629 g/mol. The molecule has 0 aliphatic carbocycles. The lowest BCUT2D eigenvalue weighted by Crippen LogP contribution is -2.30. The minimum absolute atomic E-state index is 0.0934. The molecule has 0 bridgehead atoms. The zero-order valence-corrected chi connectivity index (χ0v) is 28.0. The Labute approximate surface area is 271 Å². The smallest absolute Gasteiger partial charge is 0.294 e. The number of allylic oxidation sites excluding steroid dienone is 8. The van der Waals surface area contributed by atoms with E-state index in [9.17, 15) is 31.3 Å². The summed E-state index contributed by atoms with van der Waals surface area (Å²) in [7, 11) is -8.49. The van der Waals surface area contributed by atoms with Crippen molar-refractivity contribution in [2.45, 2.75) is 62.7 Å². The van der Waals surface area contributed by atoms with Crippen LogP contribution in [0.1, 0.15) is 58.1 Å². The van der Waals surface area contributed by atoms with Gasteiger partial charge < -0.3 is 14.8 Å². The van der Waals surface area contributed by atoms with Gasteiger partial charge >= 0.3 is 0 Å². The molecular formula is C34H40N2O8S2. The Morgan fingerprint density at radius 3 is 2.24 bits per heavy atom. The lowest BCUT2D eigenvalue weighted by atomic mass is 9.81. The molecule has 2 heterocycles. The molecule has 46 heavy (non-hydrogen) atoms. The SMILES string of the molecule is CC1(C)C(=CC=CC=CC=CC2=[N+](CCC(=O)[O-])c3ccccc3C2(C)C)N(CCCCS(=O)(=O)O)c2ccc(S(=O)(=O)O)cc21. The summed E-state index contributed by atoms with van der Waals surface area (Å²) in [5.41, 5.74) is 4.43. The summed E-state index contributed by atoms with van der Waals surface area (Å²) in [6, 6.07) is 12.4. The van der Waals surface area contributed by atoms with E-state index in [4.69, 9.17) is 4.55 Å². The van der Waals surface area contributed by atoms with E-state index < -0.39 is 31.6 Å². The molecule has 4 rings (SSSR count). The number of fused-ring (bicyclic) bond motifs is 2. The lowest BCUT2D eigenvalue weighted by molar-refractivity contribution is -0.439. The van der Waals surface area contributed by atoms with Crippen LogP contribution in [0.2, 0.25) is 0 Å². The average molecular weight is 669 g/mol. The Kier molecular flexibility index (Phi) is 10.3. The van der Waals surface area contributed by atoms with Crippen LogP contribution in [0.15, 0.2) is 95.6 Å². The van der Waals surface area contributed by atoms with E-state index in [1.165, 1.54) is 12.1 Å². The van der Waals surface area contributed by atoms with Crippen molar-refractivity contribution in [1.29, 1.82) is 0 Å². The maximum atomic E-state index is 11.9. The van der Waals surface area contributed by atoms with Crippen molar-refractivity contribution in [3.05, 3.63) is 102 Å². The monoisotopic (exact) mass is 668 g/mol. The van der Waals surface area contributed by atoms with Gasteiger partial charge in [-0.25, -0.2) is 0 Å². The second kappa shape index (κ2) is 13.5. The largest absolute Gasteiger partial charge is 0.550 e. The van der Waals surface area contributed by atoms with Gasteiger partial charge in [-0.3, -0.25) is 9.11 Å². The number of carbonyl (C=O) groups excluding carboxylic acids is 1. The van der Waals surface area contributed by atoms with Gasteiger partial charge in [-0.05, 0) is 56.5 Å². The van der Waals surface area contributed by atoms with Crippen molar-refractivity contribution >= 4 is 43.3 Å². The fraction of sp³-hybridized carbons (Fsp3) is 0.353. The van der Waals surface area contributed by atoms with E-state index in [0.717, 1.165) is 28.3 Å². The average Bonchev–Trinajstić information content (AvgIpc) is 3.31. The van der Waals surface area contributed by atoms with Crippen LogP contribution in [-0.2, 0) is 35.9 Å². The number of carbonyl (C=O) groups is 1. The predicted octanol–water partition coefficient (Wildman–Crippen LogP) is 4.47. The highest BCUT2D eigenvalue weighted by atomic mass is 32.2. The maximum absolute atomic E-state index is 11.9. The summed E-state index contributed by atoms with van der Waals surface area (Å²) in [6.07, 6.45) is 13.9. The number of para-hydroxylation sites is 1. The number of anilines is 1. The third-order valence-electron chi connectivity index (χ3n) is 8.49. The van der Waals surface area contributed by atoms with Gasteiger partial charge in [0.25, 0.3) is 20.2 Å². The van der Waals surface area contributed by atoms with Crippen molar-refractivity contribution < 1.29 is 40.4 Å². The number of carboxylic acid groups (broad SMARTS) is 1. The highest BCUT2D eigenvalue weighted by Crippen LogP contribution is 2.48. The molecule has 0 spiro atoms. The molecule has 0 radical (unpaired) electrons. The zero-order valence-electron chi connectivity index (χ0n) is 26.4. The highest BCUT2D eigenvalue weighted by molar-refractivity contribution is 7.86. The molecule has 2 aliphatic rings. The third kappa shape index (κ3) is 7.75. The molecule has 12 heteroatoms. The normalized spacial score (nSPS) is 18.4. The Bertz CT molecular complexity index is 1880. The molecule has 0 fully saturated rings. The van der Waals surface area contributed by atoms with Crippen LogP contribution >= 0.6 is 0 Å². The summed E-state index contributed by atoms with van der Waals surface area (Å²) < 4.78 is 66.9. The van der Waals surface area contributed by atoms with Gasteiger partial charge in [0.15, 0.2) is 12.3 Å². The molecule has 0 amide bonds. The molecule has 2 N–H and O–H groups in total. The molecule has 0 saturated carbocycles. The number of hydrogen-bond acceptors (Lipinski definition) is 7. The number of carboxylic acids is 1. The minimum atomic E-state index is -4.41. The van der Waals surface area contributed by atoms with Crippen molar-refractivity contribution in [3.8, 4) is 0 Å². The number of aliphatic carboxylic acids is 1. The van der Waals surface area contributed by atoms with Crippen LogP contribution in [-0.4, -0.2) is 61.0 Å². The topological polar surface area (TPSA) is 155 Å². The lowest BCUT2D eigenvalue weighted by Gasteiger charge is -2.27. The van der Waals surface area contributed by atoms with Crippen molar-refractivity contribution in [2.24, 2.45) is 0 Å². The fourth-order valence-corrected chi connectivity index (χ4v) is 7.26. The minimum Gasteiger partial charge on any atom is -0.550 e. The summed E-state index contributed by atoms with van der Waals surface area (Å²) in [5.74, 6) is -1.46. The third-order valence-corrected chi connectivity index (χ3v) is 10.1. The van der Waals surface area contributed by atoms with E-state index in [-0.39, 0.29) is 28.9 Å². The number of unbranched alkanes of at least 4 members (excludes halogenated alkanes) is 1. The van der Waals surface area contributed by atoms with E-state index in [1.807, 2.05) is 84.1 Å². The van der Waals surface area contributed by atoms with Crippen LogP contribution < -0.4 is 10.0 Å². The molecule has 2 aromatic carbocycles. The molecule has 246 valence electrons. The Morgan fingerprint density at radius 2 is 1.57 bits per heavy atom. The second-order valence-corrected chi connectivity index (χ2v) is 15.4. The Morgan fingerprint density at radius 1 is 0.891 bits per heavy atom. The number of nitrogens with zero attached hydrogens (tertiary/aromatic N) is 2. The highest BCUT2D eigenvalue weighted by Gasteiger charge is 2.44. The first-order valence-electron chi connectivity index (χ1n) is 15.0. The van der Waals surface area contributed by atoms with Gasteiger partial charge in [0.1, 0.15) is 0 Å². The van der Waals surface area contributed by atoms with Gasteiger partial charge in [0, 0.05) is 53.4 Å². The van der Waals surface area contributed by atoms with E-state index >= 15 is 0 Å². The molecule has 2 aromatic rings. The first kappa shape index (κ1) is 35.0. The Hall–Kier alpha value is -3.84. The van der Waals surface area contributed by atoms with Crippen LogP contribution in [0.4, 0.5) is 11.4 Å². The van der Waals surface area contributed by atoms with Crippen molar-refractivity contribution in [2.75, 3.05) is 23.7 Å². The maximum Gasteiger partial charge on any atom is 0.294 e. The van der Waals surface area contributed by atoms with Crippen molar-refractivity contribution in [1.82, 2.24) is 0 Å². The molecule has 0 saturated heterocycles. The summed E-state index contributed by atoms with van der Waals surface area (Å²) in [6.45, 7) is 8.84. The first-order valence-corrected chi connectivity index (χ1v) is 18.0. The van der Waals surface area contributed by atoms with Gasteiger partial charge in [0.2, 0.25) is 5.69 Å². The summed E-state index contributed by atoms with van der Waals surface area (Å²) >= 11 is 0.